The van der Waals surface area contributed by atoms with Crippen molar-refractivity contribution >= 4 is 22.9 Å². The van der Waals surface area contributed by atoms with Gasteiger partial charge in [0.2, 0.25) is 0 Å². The molecule has 0 spiro atoms. The summed E-state index contributed by atoms with van der Waals surface area (Å²) in [5.74, 6) is 0. The van der Waals surface area contributed by atoms with Crippen LogP contribution < -0.4 is 10.6 Å². The van der Waals surface area contributed by atoms with Crippen molar-refractivity contribution in [1.29, 1.82) is 0 Å². The molecule has 1 saturated heterocycles. The minimum Gasteiger partial charge on any atom is -0.388 e. The van der Waals surface area contributed by atoms with Crippen LogP contribution in [0.25, 0.3) is 0 Å². The molecule has 18 heavy (non-hydrogen) atoms. The monoisotopic (exact) mass is 264 g/mol. The van der Waals surface area contributed by atoms with Crippen molar-refractivity contribution in [3.8, 4) is 0 Å². The maximum absolute atomic E-state index is 5.60. The van der Waals surface area contributed by atoms with Gasteiger partial charge < -0.3 is 15.5 Å². The molecule has 5 heteroatoms. The minimum atomic E-state index is 0.352. The van der Waals surface area contributed by atoms with E-state index in [2.05, 4.69) is 21.8 Å². The summed E-state index contributed by atoms with van der Waals surface area (Å²) in [7, 11) is 2.09. The molecular weight excluding hydrogens is 244 g/mol. The van der Waals surface area contributed by atoms with Gasteiger partial charge in [0, 0.05) is 32.0 Å². The molecule has 1 aromatic rings. The van der Waals surface area contributed by atoms with E-state index in [1.165, 1.54) is 25.9 Å². The van der Waals surface area contributed by atoms with E-state index in [9.17, 15) is 0 Å². The zero-order valence-corrected chi connectivity index (χ0v) is 11.6. The van der Waals surface area contributed by atoms with Crippen LogP contribution in [0.5, 0.6) is 0 Å². The fourth-order valence-corrected chi connectivity index (χ4v) is 2.33. The maximum Gasteiger partial charge on any atom is 0.122 e. The lowest BCUT2D eigenvalue weighted by Crippen LogP contribution is -2.31. The predicted octanol–water partition coefficient (Wildman–Crippen LogP) is 1.25. The third-order valence-corrected chi connectivity index (χ3v) is 3.60. The summed E-state index contributed by atoms with van der Waals surface area (Å²) in [5, 5.41) is 0. The lowest BCUT2D eigenvalue weighted by molar-refractivity contribution is 0.346. The van der Waals surface area contributed by atoms with Crippen LogP contribution in [-0.4, -0.2) is 48.1 Å². The van der Waals surface area contributed by atoms with Crippen LogP contribution in [0.1, 0.15) is 18.5 Å². The molecule has 0 amide bonds. The van der Waals surface area contributed by atoms with Gasteiger partial charge in [0.15, 0.2) is 0 Å². The summed E-state index contributed by atoms with van der Waals surface area (Å²) in [5.41, 5.74) is 7.41. The quantitative estimate of drug-likeness (QED) is 0.811. The molecule has 0 aliphatic carbocycles. The number of anilines is 1. The second-order valence-electron chi connectivity index (χ2n) is 4.73. The highest BCUT2D eigenvalue weighted by molar-refractivity contribution is 7.80. The molecule has 0 unspecified atom stereocenters. The van der Waals surface area contributed by atoms with Crippen molar-refractivity contribution in [3.05, 3.63) is 24.0 Å². The normalized spacial score (nSPS) is 15.8. The Labute approximate surface area is 114 Å². The smallest absolute Gasteiger partial charge is 0.122 e. The maximum atomic E-state index is 5.60. The molecule has 1 aliphatic rings. The van der Waals surface area contributed by atoms with Gasteiger partial charge in [-0.25, -0.2) is 0 Å². The van der Waals surface area contributed by atoms with Crippen molar-refractivity contribution < 1.29 is 0 Å². The Morgan fingerprint density at radius 2 is 2.22 bits per heavy atom. The van der Waals surface area contributed by atoms with Crippen LogP contribution in [0.3, 0.4) is 0 Å². The number of thiocarbonyl (C=S) groups is 1. The third kappa shape index (κ3) is 3.40. The first-order chi connectivity index (χ1) is 8.66. The third-order valence-electron chi connectivity index (χ3n) is 3.39. The fraction of sp³-hybridized carbons (Fsp3) is 0.538. The topological polar surface area (TPSA) is 45.4 Å². The lowest BCUT2D eigenvalue weighted by Gasteiger charge is -2.23. The molecule has 2 heterocycles. The Morgan fingerprint density at radius 1 is 1.50 bits per heavy atom. The molecule has 98 valence electrons. The van der Waals surface area contributed by atoms with E-state index in [1.807, 2.05) is 12.1 Å². The number of pyridine rings is 1. The van der Waals surface area contributed by atoms with E-state index < -0.39 is 0 Å². The number of rotatable bonds is 5. The molecule has 4 nitrogen and oxygen atoms in total. The zero-order chi connectivity index (χ0) is 13.0. The SMILES string of the molecule is CN(CCN1CCCC1)c1ccnc(C(N)=S)c1. The predicted molar refractivity (Wildman–Crippen MR) is 79.1 cm³/mol. The van der Waals surface area contributed by atoms with E-state index in [0.29, 0.717) is 10.7 Å². The molecule has 2 rings (SSSR count). The first-order valence-electron chi connectivity index (χ1n) is 6.36. The largest absolute Gasteiger partial charge is 0.388 e. The number of aromatic nitrogens is 1. The van der Waals surface area contributed by atoms with Crippen LogP contribution in [0.15, 0.2) is 18.3 Å². The standard InChI is InChI=1S/C13H20N4S/c1-16(8-9-17-6-2-3-7-17)11-4-5-15-12(10-11)13(14)18/h4-5,10H,2-3,6-9H2,1H3,(H2,14,18). The van der Waals surface area contributed by atoms with E-state index in [-0.39, 0.29) is 0 Å². The second kappa shape index (κ2) is 6.11. The Kier molecular flexibility index (Phi) is 4.49. The van der Waals surface area contributed by atoms with E-state index in [1.54, 1.807) is 6.20 Å². The van der Waals surface area contributed by atoms with Crippen molar-refractivity contribution in [1.82, 2.24) is 9.88 Å². The number of nitrogens with zero attached hydrogens (tertiary/aromatic N) is 3. The molecule has 2 N–H and O–H groups in total. The Morgan fingerprint density at radius 3 is 2.89 bits per heavy atom. The van der Waals surface area contributed by atoms with Crippen molar-refractivity contribution in [2.24, 2.45) is 5.73 Å². The summed E-state index contributed by atoms with van der Waals surface area (Å²) >= 11 is 4.95. The second-order valence-corrected chi connectivity index (χ2v) is 5.17. The summed E-state index contributed by atoms with van der Waals surface area (Å²) in [4.78, 5) is 9.24. The average molecular weight is 264 g/mol. The number of nitrogens with two attached hydrogens (primary N) is 1. The van der Waals surface area contributed by atoms with Crippen LogP contribution in [0, 0.1) is 0 Å². The van der Waals surface area contributed by atoms with Crippen LogP contribution in [-0.2, 0) is 0 Å². The first kappa shape index (κ1) is 13.2. The van der Waals surface area contributed by atoms with E-state index in [0.717, 1.165) is 18.8 Å². The Bertz CT molecular complexity index is 415. The molecular formula is C13H20N4S. The van der Waals surface area contributed by atoms with Gasteiger partial charge in [-0.15, -0.1) is 0 Å². The molecule has 0 atom stereocenters. The number of hydrogen-bond donors (Lipinski definition) is 1. The van der Waals surface area contributed by atoms with Crippen LogP contribution in [0.4, 0.5) is 5.69 Å². The molecule has 0 bridgehead atoms. The summed E-state index contributed by atoms with van der Waals surface area (Å²) in [6, 6.07) is 3.94. The van der Waals surface area contributed by atoms with Crippen molar-refractivity contribution in [3.63, 3.8) is 0 Å². The van der Waals surface area contributed by atoms with Gasteiger partial charge in [0.1, 0.15) is 4.99 Å². The molecule has 0 radical (unpaired) electrons. The molecule has 1 fully saturated rings. The van der Waals surface area contributed by atoms with Gasteiger partial charge in [-0.2, -0.15) is 0 Å². The van der Waals surface area contributed by atoms with E-state index in [4.69, 9.17) is 18.0 Å². The number of hydrogen-bond acceptors (Lipinski definition) is 4. The first-order valence-corrected chi connectivity index (χ1v) is 6.77. The lowest BCUT2D eigenvalue weighted by atomic mass is 10.3. The summed E-state index contributed by atoms with van der Waals surface area (Å²) in [6.07, 6.45) is 4.44. The average Bonchev–Trinajstić information content (AvgIpc) is 2.89. The zero-order valence-electron chi connectivity index (χ0n) is 10.8. The summed E-state index contributed by atoms with van der Waals surface area (Å²) in [6.45, 7) is 4.60. The van der Waals surface area contributed by atoms with Crippen LogP contribution in [0.2, 0.25) is 0 Å². The Balaban J connectivity index is 1.93. The van der Waals surface area contributed by atoms with Gasteiger partial charge >= 0.3 is 0 Å². The Hall–Kier alpha value is -1.20. The summed E-state index contributed by atoms with van der Waals surface area (Å²) < 4.78 is 0. The van der Waals surface area contributed by atoms with Crippen molar-refractivity contribution in [2.45, 2.75) is 12.8 Å². The van der Waals surface area contributed by atoms with Gasteiger partial charge in [-0.05, 0) is 38.1 Å². The van der Waals surface area contributed by atoms with Gasteiger partial charge in [0.05, 0.1) is 5.69 Å². The molecule has 1 aliphatic heterocycles. The van der Waals surface area contributed by atoms with E-state index >= 15 is 0 Å². The number of likely N-dealkylation sites (tertiary alicyclic amines) is 1. The minimum absolute atomic E-state index is 0.352. The van der Waals surface area contributed by atoms with Gasteiger partial charge in [-0.1, -0.05) is 12.2 Å². The van der Waals surface area contributed by atoms with Gasteiger partial charge in [-0.3, -0.25) is 4.98 Å². The van der Waals surface area contributed by atoms with Gasteiger partial charge in [0.25, 0.3) is 0 Å². The van der Waals surface area contributed by atoms with Crippen molar-refractivity contribution in [2.75, 3.05) is 38.1 Å². The molecule has 0 saturated carbocycles. The highest BCUT2D eigenvalue weighted by Gasteiger charge is 2.12. The highest BCUT2D eigenvalue weighted by Crippen LogP contribution is 2.13. The molecule has 0 aromatic carbocycles. The fourth-order valence-electron chi connectivity index (χ4n) is 2.22. The molecule has 1 aromatic heterocycles. The van der Waals surface area contributed by atoms with Crippen LogP contribution >= 0.6 is 12.2 Å². The number of likely N-dealkylation sites (N-methyl/N-ethyl adjacent to an activating group) is 1. The highest BCUT2D eigenvalue weighted by atomic mass is 32.1.